The first-order valence-electron chi connectivity index (χ1n) is 7.40. The van der Waals surface area contributed by atoms with E-state index < -0.39 is 0 Å². The summed E-state index contributed by atoms with van der Waals surface area (Å²) in [5, 5.41) is 3.34. The van der Waals surface area contributed by atoms with E-state index in [1.54, 1.807) is 20.3 Å². The molecule has 0 aromatic heterocycles. The van der Waals surface area contributed by atoms with Crippen LogP contribution >= 0.6 is 0 Å². The molecule has 4 nitrogen and oxygen atoms in total. The number of nitrogens with zero attached hydrogens (tertiary/aromatic N) is 1. The molecule has 120 valence electrons. The summed E-state index contributed by atoms with van der Waals surface area (Å²) >= 11 is 0. The molecule has 0 aliphatic rings. The summed E-state index contributed by atoms with van der Waals surface area (Å²) in [7, 11) is 3.30. The van der Waals surface area contributed by atoms with Gasteiger partial charge in [0.25, 0.3) is 0 Å². The van der Waals surface area contributed by atoms with Crippen LogP contribution in [0.4, 0.5) is 10.1 Å². The molecule has 1 N–H and O–H groups in total. The minimum absolute atomic E-state index is 0.0910. The molecule has 0 saturated carbocycles. The van der Waals surface area contributed by atoms with Gasteiger partial charge in [-0.25, -0.2) is 4.39 Å². The maximum Gasteiger partial charge on any atom is 0.146 e. The van der Waals surface area contributed by atoms with Crippen LogP contribution in [0.1, 0.15) is 25.5 Å². The standard InChI is InChI=1S/C16H27FN2O2/c1-5-18-13(2)14-7-6-8-15(17)16(14)19(9-11-20-3)10-12-21-4/h6-8,13,18H,5,9-12H2,1-4H3. The Morgan fingerprint density at radius 3 is 2.33 bits per heavy atom. The second kappa shape index (κ2) is 9.71. The van der Waals surface area contributed by atoms with Crippen LogP contribution < -0.4 is 10.2 Å². The monoisotopic (exact) mass is 298 g/mol. The maximum absolute atomic E-state index is 14.4. The third kappa shape index (κ3) is 5.26. The molecule has 1 aromatic carbocycles. The lowest BCUT2D eigenvalue weighted by atomic mass is 10.0. The first kappa shape index (κ1) is 17.9. The Bertz CT molecular complexity index is 407. The van der Waals surface area contributed by atoms with E-state index in [9.17, 15) is 4.39 Å². The van der Waals surface area contributed by atoms with Crippen LogP contribution in [0.15, 0.2) is 18.2 Å². The summed E-state index contributed by atoms with van der Waals surface area (Å²) in [5.41, 5.74) is 1.60. The van der Waals surface area contributed by atoms with Crippen molar-refractivity contribution in [2.75, 3.05) is 52.0 Å². The van der Waals surface area contributed by atoms with Crippen LogP contribution in [0.5, 0.6) is 0 Å². The van der Waals surface area contributed by atoms with Crippen LogP contribution in [-0.4, -0.2) is 47.1 Å². The zero-order valence-electron chi connectivity index (χ0n) is 13.5. The van der Waals surface area contributed by atoms with Crippen molar-refractivity contribution in [2.45, 2.75) is 19.9 Å². The number of methoxy groups -OCH3 is 2. The summed E-state index contributed by atoms with van der Waals surface area (Å²) < 4.78 is 24.7. The summed E-state index contributed by atoms with van der Waals surface area (Å²) in [6, 6.07) is 5.32. The van der Waals surface area contributed by atoms with Gasteiger partial charge < -0.3 is 19.7 Å². The fourth-order valence-corrected chi connectivity index (χ4v) is 2.37. The quantitative estimate of drug-likeness (QED) is 0.720. The minimum Gasteiger partial charge on any atom is -0.383 e. The van der Waals surface area contributed by atoms with E-state index in [2.05, 4.69) is 5.32 Å². The van der Waals surface area contributed by atoms with Gasteiger partial charge in [0, 0.05) is 33.4 Å². The van der Waals surface area contributed by atoms with Crippen molar-refractivity contribution >= 4 is 5.69 Å². The molecule has 0 fully saturated rings. The van der Waals surface area contributed by atoms with Gasteiger partial charge in [-0.3, -0.25) is 0 Å². The van der Waals surface area contributed by atoms with Crippen molar-refractivity contribution in [3.63, 3.8) is 0 Å². The van der Waals surface area contributed by atoms with Crippen LogP contribution in [-0.2, 0) is 9.47 Å². The minimum atomic E-state index is -0.204. The highest BCUT2D eigenvalue weighted by Gasteiger charge is 2.19. The van der Waals surface area contributed by atoms with Crippen molar-refractivity contribution in [3.8, 4) is 0 Å². The largest absolute Gasteiger partial charge is 0.383 e. The average molecular weight is 298 g/mol. The van der Waals surface area contributed by atoms with Gasteiger partial charge in [0.05, 0.1) is 18.9 Å². The third-order valence-corrected chi connectivity index (χ3v) is 3.44. The van der Waals surface area contributed by atoms with Crippen molar-refractivity contribution in [3.05, 3.63) is 29.6 Å². The van der Waals surface area contributed by atoms with Crippen LogP contribution in [0.3, 0.4) is 0 Å². The van der Waals surface area contributed by atoms with E-state index in [4.69, 9.17) is 9.47 Å². The van der Waals surface area contributed by atoms with Crippen molar-refractivity contribution in [1.82, 2.24) is 5.32 Å². The second-order valence-electron chi connectivity index (χ2n) is 4.93. The number of ether oxygens (including phenoxy) is 2. The van der Waals surface area contributed by atoms with E-state index in [0.29, 0.717) is 32.0 Å². The Labute approximate surface area is 127 Å². The number of halogens is 1. The lowest BCUT2D eigenvalue weighted by molar-refractivity contribution is 0.190. The Hall–Kier alpha value is -1.17. The number of anilines is 1. The van der Waals surface area contributed by atoms with E-state index in [1.165, 1.54) is 6.07 Å². The number of hydrogen-bond donors (Lipinski definition) is 1. The second-order valence-corrected chi connectivity index (χ2v) is 4.93. The molecule has 0 saturated heterocycles. The number of benzene rings is 1. The number of rotatable bonds is 10. The van der Waals surface area contributed by atoms with Gasteiger partial charge in [-0.1, -0.05) is 19.1 Å². The molecule has 1 aromatic rings. The average Bonchev–Trinajstić information content (AvgIpc) is 2.48. The number of nitrogens with one attached hydrogen (secondary N) is 1. The molecule has 1 rings (SSSR count). The van der Waals surface area contributed by atoms with Crippen LogP contribution in [0.2, 0.25) is 0 Å². The normalized spacial score (nSPS) is 12.4. The molecule has 0 heterocycles. The van der Waals surface area contributed by atoms with Crippen LogP contribution in [0, 0.1) is 5.82 Å². The first-order chi connectivity index (χ1) is 10.2. The summed E-state index contributed by atoms with van der Waals surface area (Å²) in [5.74, 6) is -0.204. The molecular weight excluding hydrogens is 271 g/mol. The van der Waals surface area contributed by atoms with Crippen molar-refractivity contribution in [1.29, 1.82) is 0 Å². The summed E-state index contributed by atoms with van der Waals surface area (Å²) in [6.07, 6.45) is 0. The highest BCUT2D eigenvalue weighted by atomic mass is 19.1. The van der Waals surface area contributed by atoms with Gasteiger partial charge >= 0.3 is 0 Å². The summed E-state index contributed by atoms with van der Waals surface area (Å²) in [4.78, 5) is 1.99. The molecule has 1 unspecified atom stereocenters. The van der Waals surface area contributed by atoms with Gasteiger partial charge in [-0.2, -0.15) is 0 Å². The fraction of sp³-hybridized carbons (Fsp3) is 0.625. The third-order valence-electron chi connectivity index (χ3n) is 3.44. The lowest BCUT2D eigenvalue weighted by Crippen LogP contribution is -2.33. The molecule has 5 heteroatoms. The molecule has 0 amide bonds. The SMILES string of the molecule is CCNC(C)c1cccc(F)c1N(CCOC)CCOC. The predicted molar refractivity (Wildman–Crippen MR) is 84.5 cm³/mol. The smallest absolute Gasteiger partial charge is 0.146 e. The van der Waals surface area contributed by atoms with E-state index in [0.717, 1.165) is 12.1 Å². The maximum atomic E-state index is 14.4. The lowest BCUT2D eigenvalue weighted by Gasteiger charge is -2.29. The summed E-state index contributed by atoms with van der Waals surface area (Å²) in [6.45, 7) is 7.29. The molecular formula is C16H27FN2O2. The molecule has 0 aliphatic heterocycles. The molecule has 0 bridgehead atoms. The Balaban J connectivity index is 3.08. The van der Waals surface area contributed by atoms with E-state index >= 15 is 0 Å². The Morgan fingerprint density at radius 1 is 1.19 bits per heavy atom. The van der Waals surface area contributed by atoms with Gasteiger partial charge in [-0.15, -0.1) is 0 Å². The number of hydrogen-bond acceptors (Lipinski definition) is 4. The molecule has 0 radical (unpaired) electrons. The first-order valence-corrected chi connectivity index (χ1v) is 7.40. The van der Waals surface area contributed by atoms with Crippen molar-refractivity contribution in [2.24, 2.45) is 0 Å². The van der Waals surface area contributed by atoms with Crippen LogP contribution in [0.25, 0.3) is 0 Å². The molecule has 21 heavy (non-hydrogen) atoms. The van der Waals surface area contributed by atoms with E-state index in [-0.39, 0.29) is 11.9 Å². The highest BCUT2D eigenvalue weighted by Crippen LogP contribution is 2.29. The Kier molecular flexibility index (Phi) is 8.27. The van der Waals surface area contributed by atoms with Gasteiger partial charge in [-0.05, 0) is 25.1 Å². The van der Waals surface area contributed by atoms with Gasteiger partial charge in [0.2, 0.25) is 0 Å². The number of para-hydroxylation sites is 1. The van der Waals surface area contributed by atoms with Crippen molar-refractivity contribution < 1.29 is 13.9 Å². The van der Waals surface area contributed by atoms with Gasteiger partial charge in [0.15, 0.2) is 0 Å². The topological polar surface area (TPSA) is 33.7 Å². The molecule has 1 atom stereocenters. The van der Waals surface area contributed by atoms with Gasteiger partial charge in [0.1, 0.15) is 5.82 Å². The fourth-order valence-electron chi connectivity index (χ4n) is 2.37. The Morgan fingerprint density at radius 2 is 1.81 bits per heavy atom. The zero-order valence-corrected chi connectivity index (χ0v) is 13.5. The highest BCUT2D eigenvalue weighted by molar-refractivity contribution is 5.56. The molecule has 0 spiro atoms. The molecule has 0 aliphatic carbocycles. The zero-order chi connectivity index (χ0) is 15.7. The predicted octanol–water partition coefficient (Wildman–Crippen LogP) is 2.60. The van der Waals surface area contributed by atoms with E-state index in [1.807, 2.05) is 24.8 Å².